The topological polar surface area (TPSA) is 74.8 Å². The van der Waals surface area contributed by atoms with Crippen LogP contribution in [0, 0.1) is 0 Å². The van der Waals surface area contributed by atoms with Crippen LogP contribution in [0.2, 0.25) is 5.02 Å². The average Bonchev–Trinajstić information content (AvgIpc) is 2.91. The van der Waals surface area contributed by atoms with E-state index in [1.54, 1.807) is 36.7 Å². The van der Waals surface area contributed by atoms with Crippen molar-refractivity contribution in [3.63, 3.8) is 0 Å². The lowest BCUT2D eigenvalue weighted by Gasteiger charge is -2.03. The molecule has 5 nitrogen and oxygen atoms in total. The Labute approximate surface area is 118 Å². The zero-order valence-corrected chi connectivity index (χ0v) is 11.3. The van der Waals surface area contributed by atoms with Crippen LogP contribution >= 0.6 is 23.4 Å². The third-order valence-electron chi connectivity index (χ3n) is 2.16. The Hall–Kier alpha value is -1.79. The van der Waals surface area contributed by atoms with E-state index in [9.17, 15) is 9.59 Å². The van der Waals surface area contributed by atoms with Crippen LogP contribution in [-0.2, 0) is 4.79 Å². The van der Waals surface area contributed by atoms with Crippen LogP contribution < -0.4 is 5.32 Å². The van der Waals surface area contributed by atoms with Crippen molar-refractivity contribution < 1.29 is 9.59 Å². The summed E-state index contributed by atoms with van der Waals surface area (Å²) in [5.74, 6) is -0.780. The molecule has 0 aliphatic heterocycles. The van der Waals surface area contributed by atoms with Gasteiger partial charge in [0.25, 0.3) is 5.91 Å². The van der Waals surface area contributed by atoms with Gasteiger partial charge in [0.05, 0.1) is 10.8 Å². The highest BCUT2D eigenvalue weighted by molar-refractivity contribution is 8.00. The van der Waals surface area contributed by atoms with E-state index in [1.165, 1.54) is 11.8 Å². The van der Waals surface area contributed by atoms with Crippen LogP contribution in [0.25, 0.3) is 0 Å². The standard InChI is InChI=1S/C12H10ClN3O2S/c13-8-3-1-6-15-12(8)19-7-10(17)16-11(18)9-4-2-5-14-9/h1-6,14H,7H2,(H,16,17,18). The smallest absolute Gasteiger partial charge is 0.274 e. The van der Waals surface area contributed by atoms with Gasteiger partial charge < -0.3 is 4.98 Å². The predicted molar refractivity (Wildman–Crippen MR) is 73.2 cm³/mol. The van der Waals surface area contributed by atoms with Crippen molar-refractivity contribution >= 4 is 35.2 Å². The predicted octanol–water partition coefficient (Wildman–Crippen LogP) is 2.11. The summed E-state index contributed by atoms with van der Waals surface area (Å²) in [4.78, 5) is 29.9. The lowest BCUT2D eigenvalue weighted by molar-refractivity contribution is -0.117. The zero-order chi connectivity index (χ0) is 13.7. The molecule has 0 saturated heterocycles. The molecule has 2 heterocycles. The van der Waals surface area contributed by atoms with Crippen molar-refractivity contribution in [2.45, 2.75) is 5.03 Å². The lowest BCUT2D eigenvalue weighted by Crippen LogP contribution is -2.32. The van der Waals surface area contributed by atoms with E-state index in [4.69, 9.17) is 11.6 Å². The van der Waals surface area contributed by atoms with Crippen molar-refractivity contribution in [3.8, 4) is 0 Å². The molecule has 0 atom stereocenters. The number of imide groups is 1. The average molecular weight is 296 g/mol. The Morgan fingerprint density at radius 2 is 2.21 bits per heavy atom. The molecule has 0 aliphatic rings. The molecule has 0 bridgehead atoms. The maximum Gasteiger partial charge on any atom is 0.274 e. The summed E-state index contributed by atoms with van der Waals surface area (Å²) >= 11 is 7.08. The minimum absolute atomic E-state index is 0.0726. The number of hydrogen-bond donors (Lipinski definition) is 2. The number of pyridine rings is 1. The Morgan fingerprint density at radius 1 is 1.37 bits per heavy atom. The van der Waals surface area contributed by atoms with Crippen molar-refractivity contribution in [1.82, 2.24) is 15.3 Å². The number of aromatic nitrogens is 2. The fraction of sp³-hybridized carbons (Fsp3) is 0.0833. The monoisotopic (exact) mass is 295 g/mol. The first-order chi connectivity index (χ1) is 9.16. The summed E-state index contributed by atoms with van der Waals surface area (Å²) in [6.45, 7) is 0. The van der Waals surface area contributed by atoms with Crippen molar-refractivity contribution in [3.05, 3.63) is 47.4 Å². The van der Waals surface area contributed by atoms with Gasteiger partial charge in [-0.2, -0.15) is 0 Å². The van der Waals surface area contributed by atoms with Gasteiger partial charge in [0, 0.05) is 12.4 Å². The van der Waals surface area contributed by atoms with Gasteiger partial charge in [0.1, 0.15) is 10.7 Å². The fourth-order valence-corrected chi connectivity index (χ4v) is 2.28. The number of carbonyl (C=O) groups excluding carboxylic acids is 2. The normalized spacial score (nSPS) is 10.2. The number of hydrogen-bond acceptors (Lipinski definition) is 4. The Bertz CT molecular complexity index is 586. The number of rotatable bonds is 4. The molecular formula is C12H10ClN3O2S. The number of carbonyl (C=O) groups is 2. The quantitative estimate of drug-likeness (QED) is 0.847. The molecule has 98 valence electrons. The van der Waals surface area contributed by atoms with Gasteiger partial charge in [-0.05, 0) is 24.3 Å². The Morgan fingerprint density at radius 3 is 2.89 bits per heavy atom. The molecule has 0 aliphatic carbocycles. The molecule has 2 N–H and O–H groups in total. The molecule has 19 heavy (non-hydrogen) atoms. The van der Waals surface area contributed by atoms with Gasteiger partial charge in [-0.3, -0.25) is 14.9 Å². The van der Waals surface area contributed by atoms with Crippen LogP contribution in [0.4, 0.5) is 0 Å². The van der Waals surface area contributed by atoms with E-state index in [2.05, 4.69) is 15.3 Å². The first-order valence-electron chi connectivity index (χ1n) is 5.37. The second-order valence-corrected chi connectivity index (χ2v) is 4.91. The fourth-order valence-electron chi connectivity index (χ4n) is 1.31. The largest absolute Gasteiger partial charge is 0.357 e. The van der Waals surface area contributed by atoms with Gasteiger partial charge in [0.15, 0.2) is 0 Å². The third kappa shape index (κ3) is 3.84. The number of aromatic amines is 1. The number of nitrogens with one attached hydrogen (secondary N) is 2. The van der Waals surface area contributed by atoms with Crippen LogP contribution in [0.1, 0.15) is 10.5 Å². The lowest BCUT2D eigenvalue weighted by atomic mass is 10.4. The molecule has 2 amide bonds. The van der Waals surface area contributed by atoms with E-state index in [0.717, 1.165) is 0 Å². The van der Waals surface area contributed by atoms with E-state index < -0.39 is 11.8 Å². The third-order valence-corrected chi connectivity index (χ3v) is 3.58. The number of thioether (sulfide) groups is 1. The molecule has 2 aromatic rings. The molecular weight excluding hydrogens is 286 g/mol. The number of halogens is 1. The minimum atomic E-state index is -0.456. The van der Waals surface area contributed by atoms with Gasteiger partial charge in [-0.15, -0.1) is 0 Å². The maximum absolute atomic E-state index is 11.6. The van der Waals surface area contributed by atoms with Crippen LogP contribution in [-0.4, -0.2) is 27.5 Å². The van der Waals surface area contributed by atoms with Crippen molar-refractivity contribution in [2.75, 3.05) is 5.75 Å². The molecule has 2 rings (SSSR count). The SMILES string of the molecule is O=C(CSc1ncccc1Cl)NC(=O)c1ccc[nH]1. The summed E-state index contributed by atoms with van der Waals surface area (Å²) in [7, 11) is 0. The minimum Gasteiger partial charge on any atom is -0.357 e. The summed E-state index contributed by atoms with van der Waals surface area (Å²) in [6, 6.07) is 6.67. The maximum atomic E-state index is 11.6. The van der Waals surface area contributed by atoms with Crippen LogP contribution in [0.15, 0.2) is 41.7 Å². The highest BCUT2D eigenvalue weighted by Crippen LogP contribution is 2.23. The number of amides is 2. The van der Waals surface area contributed by atoms with Crippen LogP contribution in [0.3, 0.4) is 0 Å². The van der Waals surface area contributed by atoms with Crippen molar-refractivity contribution in [2.24, 2.45) is 0 Å². The zero-order valence-electron chi connectivity index (χ0n) is 9.72. The Balaban J connectivity index is 1.85. The second-order valence-electron chi connectivity index (χ2n) is 3.54. The van der Waals surface area contributed by atoms with E-state index in [0.29, 0.717) is 15.7 Å². The number of nitrogens with zero attached hydrogens (tertiary/aromatic N) is 1. The van der Waals surface area contributed by atoms with Crippen molar-refractivity contribution in [1.29, 1.82) is 0 Å². The summed E-state index contributed by atoms with van der Waals surface area (Å²) in [5.41, 5.74) is 0.342. The summed E-state index contributed by atoms with van der Waals surface area (Å²) < 4.78 is 0. The first kappa shape index (κ1) is 13.6. The molecule has 0 spiro atoms. The van der Waals surface area contributed by atoms with E-state index in [-0.39, 0.29) is 5.75 Å². The van der Waals surface area contributed by atoms with E-state index >= 15 is 0 Å². The molecule has 0 radical (unpaired) electrons. The highest BCUT2D eigenvalue weighted by atomic mass is 35.5. The molecule has 2 aromatic heterocycles. The summed E-state index contributed by atoms with van der Waals surface area (Å²) in [5, 5.41) is 3.32. The molecule has 7 heteroatoms. The number of H-pyrrole nitrogens is 1. The molecule has 0 saturated carbocycles. The van der Waals surface area contributed by atoms with Crippen LogP contribution in [0.5, 0.6) is 0 Å². The molecule has 0 fully saturated rings. The van der Waals surface area contributed by atoms with Gasteiger partial charge >= 0.3 is 0 Å². The first-order valence-corrected chi connectivity index (χ1v) is 6.74. The Kier molecular flexibility index (Phi) is 4.59. The molecule has 0 aromatic carbocycles. The van der Waals surface area contributed by atoms with Gasteiger partial charge in [-0.1, -0.05) is 23.4 Å². The highest BCUT2D eigenvalue weighted by Gasteiger charge is 2.12. The van der Waals surface area contributed by atoms with Gasteiger partial charge in [-0.25, -0.2) is 4.98 Å². The molecule has 0 unspecified atom stereocenters. The second kappa shape index (κ2) is 6.40. The van der Waals surface area contributed by atoms with E-state index in [1.807, 2.05) is 0 Å². The van der Waals surface area contributed by atoms with Gasteiger partial charge in [0.2, 0.25) is 5.91 Å². The summed E-state index contributed by atoms with van der Waals surface area (Å²) in [6.07, 6.45) is 3.21.